The third-order valence-corrected chi connectivity index (χ3v) is 3.73. The number of piperidine rings is 1. The zero-order chi connectivity index (χ0) is 15.8. The number of hydrogen-bond donors (Lipinski definition) is 2. The minimum absolute atomic E-state index is 0.0353. The van der Waals surface area contributed by atoms with Gasteiger partial charge in [-0.2, -0.15) is 0 Å². The Bertz CT molecular complexity index is 486. The average Bonchev–Trinajstić information content (AvgIpc) is 2.58. The van der Waals surface area contributed by atoms with Gasteiger partial charge in [-0.25, -0.2) is 4.98 Å². The predicted molar refractivity (Wildman–Crippen MR) is 83.3 cm³/mol. The van der Waals surface area contributed by atoms with Crippen LogP contribution in [-0.4, -0.2) is 48.0 Å². The molecule has 0 aromatic carbocycles. The quantitative estimate of drug-likeness (QED) is 0.791. The lowest BCUT2D eigenvalue weighted by Gasteiger charge is -2.31. The van der Waals surface area contributed by atoms with E-state index in [4.69, 9.17) is 0 Å². The van der Waals surface area contributed by atoms with E-state index in [1.54, 1.807) is 18.6 Å². The second-order valence-electron chi connectivity index (χ2n) is 5.39. The maximum atomic E-state index is 12.1. The van der Waals surface area contributed by atoms with Gasteiger partial charge in [-0.1, -0.05) is 6.92 Å². The molecule has 0 unspecified atom stereocenters. The van der Waals surface area contributed by atoms with Crippen LogP contribution in [0, 0.1) is 5.92 Å². The number of carbonyl (C=O) groups excluding carboxylic acids is 2. The van der Waals surface area contributed by atoms with Gasteiger partial charge in [0.2, 0.25) is 11.8 Å². The van der Waals surface area contributed by atoms with Crippen molar-refractivity contribution < 1.29 is 9.59 Å². The van der Waals surface area contributed by atoms with E-state index in [0.29, 0.717) is 6.54 Å². The van der Waals surface area contributed by atoms with Crippen LogP contribution in [0.3, 0.4) is 0 Å². The molecular formula is C15H23N5O2. The number of hydrogen-bond acceptors (Lipinski definition) is 5. The molecule has 1 aliphatic heterocycles. The van der Waals surface area contributed by atoms with E-state index in [-0.39, 0.29) is 24.3 Å². The molecule has 0 saturated carbocycles. The molecule has 22 heavy (non-hydrogen) atoms. The first kappa shape index (κ1) is 16.2. The summed E-state index contributed by atoms with van der Waals surface area (Å²) in [5, 5.41) is 5.46. The van der Waals surface area contributed by atoms with Crippen molar-refractivity contribution in [1.29, 1.82) is 0 Å². The van der Waals surface area contributed by atoms with Gasteiger partial charge in [-0.05, 0) is 19.3 Å². The van der Waals surface area contributed by atoms with E-state index in [0.717, 1.165) is 38.2 Å². The van der Waals surface area contributed by atoms with Gasteiger partial charge >= 0.3 is 0 Å². The number of anilines is 1. The molecule has 2 amide bonds. The smallest absolute Gasteiger partial charge is 0.239 e. The maximum Gasteiger partial charge on any atom is 0.239 e. The Balaban J connectivity index is 1.72. The fraction of sp³-hybridized carbons (Fsp3) is 0.600. The summed E-state index contributed by atoms with van der Waals surface area (Å²) in [4.78, 5) is 34.0. The molecule has 2 N–H and O–H groups in total. The lowest BCUT2D eigenvalue weighted by molar-refractivity contribution is -0.129. The highest BCUT2D eigenvalue weighted by Gasteiger charge is 2.25. The largest absolute Gasteiger partial charge is 0.355 e. The Morgan fingerprint density at radius 1 is 1.27 bits per heavy atom. The fourth-order valence-corrected chi connectivity index (χ4v) is 2.46. The Morgan fingerprint density at radius 3 is 2.68 bits per heavy atom. The van der Waals surface area contributed by atoms with Crippen LogP contribution in [0.1, 0.15) is 26.2 Å². The highest BCUT2D eigenvalue weighted by atomic mass is 16.2. The van der Waals surface area contributed by atoms with Crippen LogP contribution in [0.15, 0.2) is 18.6 Å². The molecule has 0 spiro atoms. The highest BCUT2D eigenvalue weighted by Crippen LogP contribution is 2.21. The van der Waals surface area contributed by atoms with Gasteiger partial charge in [-0.15, -0.1) is 0 Å². The van der Waals surface area contributed by atoms with Gasteiger partial charge in [0.25, 0.3) is 0 Å². The topological polar surface area (TPSA) is 87.2 Å². The zero-order valence-electron chi connectivity index (χ0n) is 12.9. The normalized spacial score (nSPS) is 15.4. The van der Waals surface area contributed by atoms with E-state index in [9.17, 15) is 9.59 Å². The maximum absolute atomic E-state index is 12.1. The summed E-state index contributed by atoms with van der Waals surface area (Å²) in [6, 6.07) is 0. The van der Waals surface area contributed by atoms with Crippen molar-refractivity contribution in [2.45, 2.75) is 26.2 Å². The summed E-state index contributed by atoms with van der Waals surface area (Å²) in [5.41, 5.74) is 0. The van der Waals surface area contributed by atoms with Gasteiger partial charge in [-0.3, -0.25) is 14.6 Å². The number of amides is 2. The minimum atomic E-state index is -0.132. The van der Waals surface area contributed by atoms with E-state index in [2.05, 4.69) is 25.5 Å². The Morgan fingerprint density at radius 2 is 2.05 bits per heavy atom. The molecule has 7 heteroatoms. The monoisotopic (exact) mass is 305 g/mol. The van der Waals surface area contributed by atoms with Crippen molar-refractivity contribution in [2.24, 2.45) is 5.92 Å². The second-order valence-corrected chi connectivity index (χ2v) is 5.39. The minimum Gasteiger partial charge on any atom is -0.355 e. The van der Waals surface area contributed by atoms with Crippen LogP contribution in [0.4, 0.5) is 5.82 Å². The number of rotatable bonds is 6. The second kappa shape index (κ2) is 8.31. The van der Waals surface area contributed by atoms with Crippen molar-refractivity contribution in [3.63, 3.8) is 0 Å². The average molecular weight is 305 g/mol. The van der Waals surface area contributed by atoms with Gasteiger partial charge in [0.05, 0.1) is 12.7 Å². The molecule has 1 fully saturated rings. The molecule has 0 radical (unpaired) electrons. The first-order chi connectivity index (χ1) is 10.7. The number of nitrogens with one attached hydrogen (secondary N) is 2. The molecule has 0 aliphatic carbocycles. The van der Waals surface area contributed by atoms with Crippen molar-refractivity contribution in [3.05, 3.63) is 18.6 Å². The molecule has 1 aromatic rings. The Labute approximate surface area is 130 Å². The molecule has 1 aromatic heterocycles. The Hall–Kier alpha value is -2.18. The number of aromatic nitrogens is 2. The summed E-state index contributed by atoms with van der Waals surface area (Å²) in [7, 11) is 0. The van der Waals surface area contributed by atoms with Gasteiger partial charge in [0.1, 0.15) is 5.82 Å². The molecule has 120 valence electrons. The van der Waals surface area contributed by atoms with E-state index < -0.39 is 0 Å². The summed E-state index contributed by atoms with van der Waals surface area (Å²) in [6.45, 7) is 4.25. The van der Waals surface area contributed by atoms with Gasteiger partial charge in [0, 0.05) is 37.9 Å². The summed E-state index contributed by atoms with van der Waals surface area (Å²) < 4.78 is 0. The van der Waals surface area contributed by atoms with Crippen molar-refractivity contribution >= 4 is 17.6 Å². The van der Waals surface area contributed by atoms with Crippen molar-refractivity contribution in [2.75, 3.05) is 31.1 Å². The molecule has 7 nitrogen and oxygen atoms in total. The molecule has 2 heterocycles. The lowest BCUT2D eigenvalue weighted by atomic mass is 9.96. The first-order valence-electron chi connectivity index (χ1n) is 7.76. The van der Waals surface area contributed by atoms with E-state index in [1.807, 2.05) is 6.92 Å². The Kier molecular flexibility index (Phi) is 6.12. The SMILES string of the molecule is CCCNC(=O)CNC(=O)C1CCN(c2cnccn2)CC1. The fourth-order valence-electron chi connectivity index (χ4n) is 2.46. The van der Waals surface area contributed by atoms with Gasteiger partial charge < -0.3 is 15.5 Å². The molecule has 0 bridgehead atoms. The van der Waals surface area contributed by atoms with Crippen LogP contribution >= 0.6 is 0 Å². The van der Waals surface area contributed by atoms with Crippen LogP contribution in [0.5, 0.6) is 0 Å². The zero-order valence-corrected chi connectivity index (χ0v) is 12.9. The van der Waals surface area contributed by atoms with Crippen molar-refractivity contribution in [3.8, 4) is 0 Å². The standard InChI is InChI=1S/C15H23N5O2/c1-2-5-18-14(21)11-19-15(22)12-3-8-20(9-4-12)13-10-16-6-7-17-13/h6-7,10,12H,2-5,8-9,11H2,1H3,(H,18,21)(H,19,22). The molecular weight excluding hydrogens is 282 g/mol. The third kappa shape index (κ3) is 4.68. The lowest BCUT2D eigenvalue weighted by Crippen LogP contribution is -2.44. The van der Waals surface area contributed by atoms with Crippen LogP contribution in [0.25, 0.3) is 0 Å². The summed E-state index contributed by atoms with van der Waals surface area (Å²) in [6.07, 6.45) is 7.47. The van der Waals surface area contributed by atoms with Crippen LogP contribution in [-0.2, 0) is 9.59 Å². The molecule has 2 rings (SSSR count). The molecule has 0 atom stereocenters. The van der Waals surface area contributed by atoms with E-state index in [1.165, 1.54) is 0 Å². The number of nitrogens with zero attached hydrogens (tertiary/aromatic N) is 3. The third-order valence-electron chi connectivity index (χ3n) is 3.73. The number of carbonyl (C=O) groups is 2. The van der Waals surface area contributed by atoms with Crippen molar-refractivity contribution in [1.82, 2.24) is 20.6 Å². The van der Waals surface area contributed by atoms with Crippen LogP contribution < -0.4 is 15.5 Å². The van der Waals surface area contributed by atoms with Crippen LogP contribution in [0.2, 0.25) is 0 Å². The summed E-state index contributed by atoms with van der Waals surface area (Å²) >= 11 is 0. The molecule has 1 aliphatic rings. The van der Waals surface area contributed by atoms with E-state index >= 15 is 0 Å². The molecule has 1 saturated heterocycles. The van der Waals surface area contributed by atoms with Gasteiger partial charge in [0.15, 0.2) is 0 Å². The first-order valence-corrected chi connectivity index (χ1v) is 7.76. The summed E-state index contributed by atoms with van der Waals surface area (Å²) in [5.74, 6) is 0.643. The predicted octanol–water partition coefficient (Wildman–Crippen LogP) is 0.335. The highest BCUT2D eigenvalue weighted by molar-refractivity contribution is 5.85.